The molecular formula is C14H25N3O2. The molecule has 0 aromatic carbocycles. The Kier molecular flexibility index (Phi) is 4.74. The maximum absolute atomic E-state index is 12.0. The molecule has 19 heavy (non-hydrogen) atoms. The first kappa shape index (κ1) is 15.7. The third-order valence-corrected chi connectivity index (χ3v) is 3.13. The second kappa shape index (κ2) is 5.74. The third-order valence-electron chi connectivity index (χ3n) is 3.13. The van der Waals surface area contributed by atoms with Crippen LogP contribution in [0.25, 0.3) is 0 Å². The van der Waals surface area contributed by atoms with Crippen LogP contribution in [-0.2, 0) is 5.41 Å². The molecule has 1 amide bonds. The number of carbonyl (C=O) groups excluding carboxylic acids is 1. The van der Waals surface area contributed by atoms with Gasteiger partial charge in [-0.3, -0.25) is 9.89 Å². The summed E-state index contributed by atoms with van der Waals surface area (Å²) >= 11 is 0. The number of aromatic amines is 1. The van der Waals surface area contributed by atoms with Crippen molar-refractivity contribution in [2.24, 2.45) is 5.41 Å². The monoisotopic (exact) mass is 267 g/mol. The Bertz CT molecular complexity index is 430. The molecule has 1 rings (SSSR count). The molecule has 1 heterocycles. The fraction of sp³-hybridized carbons (Fsp3) is 0.714. The van der Waals surface area contributed by atoms with Crippen LogP contribution in [0.4, 0.5) is 0 Å². The lowest BCUT2D eigenvalue weighted by molar-refractivity contribution is 0.0923. The second-order valence-corrected chi connectivity index (χ2v) is 6.74. The molecule has 0 aliphatic rings. The molecule has 1 aromatic rings. The summed E-state index contributed by atoms with van der Waals surface area (Å²) in [5, 5.41) is 18.7. The maximum atomic E-state index is 12.0. The van der Waals surface area contributed by atoms with Gasteiger partial charge >= 0.3 is 0 Å². The number of nitrogens with one attached hydrogen (secondary N) is 2. The average Bonchev–Trinajstić information content (AvgIpc) is 2.74. The lowest BCUT2D eigenvalue weighted by Gasteiger charge is -2.23. The fourth-order valence-electron chi connectivity index (χ4n) is 1.62. The van der Waals surface area contributed by atoms with Crippen LogP contribution in [-0.4, -0.2) is 34.4 Å². The molecule has 5 nitrogen and oxygen atoms in total. The molecule has 0 fully saturated rings. The van der Waals surface area contributed by atoms with E-state index in [2.05, 4.69) is 36.3 Å². The molecule has 1 aromatic heterocycles. The first-order chi connectivity index (χ1) is 8.65. The summed E-state index contributed by atoms with van der Waals surface area (Å²) in [6.07, 6.45) is 0.654. The molecular weight excluding hydrogens is 242 g/mol. The summed E-state index contributed by atoms with van der Waals surface area (Å²) in [4.78, 5) is 12.0. The molecule has 5 heteroatoms. The van der Waals surface area contributed by atoms with Gasteiger partial charge in [0, 0.05) is 24.3 Å². The van der Waals surface area contributed by atoms with Gasteiger partial charge in [-0.15, -0.1) is 0 Å². The molecule has 0 saturated carbocycles. The zero-order chi connectivity index (χ0) is 14.7. The second-order valence-electron chi connectivity index (χ2n) is 6.74. The topological polar surface area (TPSA) is 78.0 Å². The number of amides is 1. The van der Waals surface area contributed by atoms with Crippen molar-refractivity contribution in [3.8, 4) is 0 Å². The first-order valence-electron chi connectivity index (χ1n) is 6.61. The number of rotatable bonds is 5. The van der Waals surface area contributed by atoms with Gasteiger partial charge in [0.1, 0.15) is 5.69 Å². The molecule has 0 bridgehead atoms. The lowest BCUT2D eigenvalue weighted by atomic mass is 9.89. The average molecular weight is 267 g/mol. The number of nitrogens with zero attached hydrogens (tertiary/aromatic N) is 1. The summed E-state index contributed by atoms with van der Waals surface area (Å²) in [5.74, 6) is -0.183. The van der Waals surface area contributed by atoms with Crippen molar-refractivity contribution in [1.82, 2.24) is 15.5 Å². The molecule has 0 aliphatic carbocycles. The Morgan fingerprint density at radius 1 is 1.37 bits per heavy atom. The van der Waals surface area contributed by atoms with Crippen molar-refractivity contribution in [1.29, 1.82) is 0 Å². The summed E-state index contributed by atoms with van der Waals surface area (Å²) in [6.45, 7) is 10.8. The van der Waals surface area contributed by atoms with Crippen molar-refractivity contribution in [3.05, 3.63) is 17.5 Å². The van der Waals surface area contributed by atoms with E-state index >= 15 is 0 Å². The molecule has 0 unspecified atom stereocenters. The SMILES string of the molecule is CC(C)(CCO)CNC(=O)c1cc(C(C)(C)C)[nH]n1. The van der Waals surface area contributed by atoms with Crippen LogP contribution < -0.4 is 5.32 Å². The molecule has 3 N–H and O–H groups in total. The van der Waals surface area contributed by atoms with Gasteiger partial charge in [0.2, 0.25) is 0 Å². The summed E-state index contributed by atoms with van der Waals surface area (Å²) in [5.41, 5.74) is 1.17. The number of aromatic nitrogens is 2. The quantitative estimate of drug-likeness (QED) is 0.762. The summed E-state index contributed by atoms with van der Waals surface area (Å²) in [6, 6.07) is 1.79. The smallest absolute Gasteiger partial charge is 0.271 e. The fourth-order valence-corrected chi connectivity index (χ4v) is 1.62. The van der Waals surface area contributed by atoms with E-state index in [1.54, 1.807) is 6.07 Å². The van der Waals surface area contributed by atoms with Gasteiger partial charge in [-0.2, -0.15) is 5.10 Å². The van der Waals surface area contributed by atoms with Crippen molar-refractivity contribution in [2.75, 3.05) is 13.2 Å². The molecule has 0 saturated heterocycles. The van der Waals surface area contributed by atoms with Crippen LogP contribution in [0.2, 0.25) is 0 Å². The van der Waals surface area contributed by atoms with Gasteiger partial charge in [0.25, 0.3) is 5.91 Å². The number of hydrogen-bond acceptors (Lipinski definition) is 3. The van der Waals surface area contributed by atoms with Crippen LogP contribution in [0.1, 0.15) is 57.2 Å². The van der Waals surface area contributed by atoms with Crippen LogP contribution in [0.15, 0.2) is 6.07 Å². The van der Waals surface area contributed by atoms with Crippen LogP contribution >= 0.6 is 0 Å². The predicted octanol–water partition coefficient (Wildman–Crippen LogP) is 1.85. The highest BCUT2D eigenvalue weighted by atomic mass is 16.3. The first-order valence-corrected chi connectivity index (χ1v) is 6.61. The van der Waals surface area contributed by atoms with Crippen LogP contribution in [0.5, 0.6) is 0 Å². The lowest BCUT2D eigenvalue weighted by Crippen LogP contribution is -2.34. The summed E-state index contributed by atoms with van der Waals surface area (Å²) < 4.78 is 0. The number of hydrogen-bond donors (Lipinski definition) is 3. The van der Waals surface area contributed by atoms with Crippen molar-refractivity contribution in [2.45, 2.75) is 46.5 Å². The Labute approximate surface area is 114 Å². The molecule has 0 aliphatic heterocycles. The number of aliphatic hydroxyl groups excluding tert-OH is 1. The van der Waals surface area contributed by atoms with Crippen LogP contribution in [0, 0.1) is 5.41 Å². The highest BCUT2D eigenvalue weighted by molar-refractivity contribution is 5.92. The van der Waals surface area contributed by atoms with E-state index in [9.17, 15) is 4.79 Å². The largest absolute Gasteiger partial charge is 0.396 e. The van der Waals surface area contributed by atoms with Crippen molar-refractivity contribution < 1.29 is 9.90 Å². The van der Waals surface area contributed by atoms with Gasteiger partial charge in [0.05, 0.1) is 0 Å². The normalized spacial score (nSPS) is 12.5. The number of H-pyrrole nitrogens is 1. The number of carbonyl (C=O) groups is 1. The van der Waals surface area contributed by atoms with Gasteiger partial charge in [-0.1, -0.05) is 34.6 Å². The van der Waals surface area contributed by atoms with E-state index < -0.39 is 0 Å². The van der Waals surface area contributed by atoms with E-state index in [0.29, 0.717) is 18.7 Å². The predicted molar refractivity (Wildman–Crippen MR) is 75.1 cm³/mol. The minimum absolute atomic E-state index is 0.0539. The summed E-state index contributed by atoms with van der Waals surface area (Å²) in [7, 11) is 0. The van der Waals surface area contributed by atoms with E-state index in [4.69, 9.17) is 5.11 Å². The minimum atomic E-state index is -0.183. The maximum Gasteiger partial charge on any atom is 0.271 e. The molecule has 0 radical (unpaired) electrons. The number of aliphatic hydroxyl groups is 1. The zero-order valence-electron chi connectivity index (χ0n) is 12.5. The molecule has 0 spiro atoms. The van der Waals surface area contributed by atoms with Crippen LogP contribution in [0.3, 0.4) is 0 Å². The van der Waals surface area contributed by atoms with E-state index in [1.807, 2.05) is 13.8 Å². The third kappa shape index (κ3) is 4.67. The highest BCUT2D eigenvalue weighted by Crippen LogP contribution is 2.21. The van der Waals surface area contributed by atoms with E-state index in [1.165, 1.54) is 0 Å². The minimum Gasteiger partial charge on any atom is -0.396 e. The van der Waals surface area contributed by atoms with E-state index in [-0.39, 0.29) is 23.3 Å². The standard InChI is InChI=1S/C14H25N3O2/c1-13(2,3)11-8-10(16-17-11)12(19)15-9-14(4,5)6-7-18/h8,18H,6-7,9H2,1-5H3,(H,15,19)(H,16,17). The Balaban J connectivity index is 2.62. The van der Waals surface area contributed by atoms with Gasteiger partial charge in [0.15, 0.2) is 0 Å². The Hall–Kier alpha value is -1.36. The van der Waals surface area contributed by atoms with Crippen molar-refractivity contribution in [3.63, 3.8) is 0 Å². The van der Waals surface area contributed by atoms with Gasteiger partial charge in [-0.25, -0.2) is 0 Å². The van der Waals surface area contributed by atoms with Gasteiger partial charge in [-0.05, 0) is 17.9 Å². The molecule has 108 valence electrons. The highest BCUT2D eigenvalue weighted by Gasteiger charge is 2.22. The molecule has 0 atom stereocenters. The Morgan fingerprint density at radius 2 is 2.00 bits per heavy atom. The van der Waals surface area contributed by atoms with E-state index in [0.717, 1.165) is 5.69 Å². The van der Waals surface area contributed by atoms with Crippen molar-refractivity contribution >= 4 is 5.91 Å². The Morgan fingerprint density at radius 3 is 2.47 bits per heavy atom. The van der Waals surface area contributed by atoms with Gasteiger partial charge < -0.3 is 10.4 Å². The zero-order valence-corrected chi connectivity index (χ0v) is 12.5.